The van der Waals surface area contributed by atoms with Crippen molar-refractivity contribution in [2.24, 2.45) is 0 Å². The van der Waals surface area contributed by atoms with Crippen molar-refractivity contribution in [3.05, 3.63) is 34.6 Å². The summed E-state index contributed by atoms with van der Waals surface area (Å²) < 4.78 is 14.1. The van der Waals surface area contributed by atoms with Gasteiger partial charge < -0.3 is 10.2 Å². The van der Waals surface area contributed by atoms with E-state index in [9.17, 15) is 14.0 Å². The summed E-state index contributed by atoms with van der Waals surface area (Å²) >= 11 is 6.13. The fourth-order valence-corrected chi connectivity index (χ4v) is 3.48. The van der Waals surface area contributed by atoms with Gasteiger partial charge in [0.05, 0.1) is 12.5 Å². The summed E-state index contributed by atoms with van der Waals surface area (Å²) in [4.78, 5) is 28.7. The van der Waals surface area contributed by atoms with Crippen molar-refractivity contribution in [2.45, 2.75) is 45.7 Å². The zero-order valence-corrected chi connectivity index (χ0v) is 16.2. The van der Waals surface area contributed by atoms with Gasteiger partial charge in [-0.25, -0.2) is 4.39 Å². The van der Waals surface area contributed by atoms with E-state index >= 15 is 0 Å². The van der Waals surface area contributed by atoms with Crippen LogP contribution in [0.2, 0.25) is 5.02 Å². The van der Waals surface area contributed by atoms with Crippen LogP contribution in [-0.2, 0) is 16.1 Å². The fourth-order valence-electron chi connectivity index (χ4n) is 3.26. The monoisotopic (exact) mass is 383 g/mol. The maximum atomic E-state index is 14.1. The third-order valence-corrected chi connectivity index (χ3v) is 4.93. The van der Waals surface area contributed by atoms with Crippen molar-refractivity contribution in [1.82, 2.24) is 15.1 Å². The van der Waals surface area contributed by atoms with Crippen molar-refractivity contribution in [1.29, 1.82) is 0 Å². The van der Waals surface area contributed by atoms with Crippen LogP contribution >= 0.6 is 11.6 Å². The van der Waals surface area contributed by atoms with Crippen molar-refractivity contribution in [3.8, 4) is 0 Å². The lowest BCUT2D eigenvalue weighted by molar-refractivity contribution is -0.139. The molecule has 0 radical (unpaired) electrons. The molecule has 1 saturated heterocycles. The molecule has 1 fully saturated rings. The van der Waals surface area contributed by atoms with Gasteiger partial charge in [-0.05, 0) is 25.0 Å². The minimum absolute atomic E-state index is 0.0413. The second-order valence-corrected chi connectivity index (χ2v) is 6.97. The van der Waals surface area contributed by atoms with Gasteiger partial charge >= 0.3 is 0 Å². The van der Waals surface area contributed by atoms with E-state index in [0.29, 0.717) is 36.8 Å². The van der Waals surface area contributed by atoms with Crippen LogP contribution in [0.15, 0.2) is 18.2 Å². The highest BCUT2D eigenvalue weighted by atomic mass is 35.5. The summed E-state index contributed by atoms with van der Waals surface area (Å²) in [6.45, 7) is 6.64. The molecule has 144 valence electrons. The number of hydrogen-bond acceptors (Lipinski definition) is 3. The molecule has 1 heterocycles. The first-order valence-corrected chi connectivity index (χ1v) is 9.58. The molecule has 1 N–H and O–H groups in total. The average Bonchev–Trinajstić information content (AvgIpc) is 2.60. The Morgan fingerprint density at radius 2 is 2.04 bits per heavy atom. The molecule has 5 nitrogen and oxygen atoms in total. The molecule has 2 amide bonds. The van der Waals surface area contributed by atoms with E-state index in [0.717, 1.165) is 12.8 Å². The molecule has 1 aromatic carbocycles. The maximum absolute atomic E-state index is 14.1. The largest absolute Gasteiger partial charge is 0.353 e. The van der Waals surface area contributed by atoms with E-state index < -0.39 is 11.9 Å². The lowest BCUT2D eigenvalue weighted by Crippen LogP contribution is -2.56. The van der Waals surface area contributed by atoms with Crippen molar-refractivity contribution < 1.29 is 14.0 Å². The lowest BCUT2D eigenvalue weighted by Gasteiger charge is -2.36. The highest BCUT2D eigenvalue weighted by Gasteiger charge is 2.33. The summed E-state index contributed by atoms with van der Waals surface area (Å²) in [7, 11) is 0. The van der Waals surface area contributed by atoms with Gasteiger partial charge in [0.1, 0.15) is 5.82 Å². The summed E-state index contributed by atoms with van der Waals surface area (Å²) in [5, 5.41) is 3.14. The van der Waals surface area contributed by atoms with Crippen LogP contribution in [0.25, 0.3) is 0 Å². The molecular weight excluding hydrogens is 357 g/mol. The SMILES string of the molecule is CCCN(CCC)C(=O)C[C@@H]1C(=O)NCCN1Cc1c(F)cccc1Cl. The van der Waals surface area contributed by atoms with Crippen LogP contribution in [-0.4, -0.2) is 53.8 Å². The number of nitrogens with zero attached hydrogens (tertiary/aromatic N) is 2. The quantitative estimate of drug-likeness (QED) is 0.751. The number of hydrogen-bond donors (Lipinski definition) is 1. The summed E-state index contributed by atoms with van der Waals surface area (Å²) in [5.41, 5.74) is 0.361. The first-order chi connectivity index (χ1) is 12.5. The van der Waals surface area contributed by atoms with Gasteiger partial charge in [-0.3, -0.25) is 14.5 Å². The minimum atomic E-state index is -0.608. The van der Waals surface area contributed by atoms with Crippen molar-refractivity contribution in [3.63, 3.8) is 0 Å². The highest BCUT2D eigenvalue weighted by Crippen LogP contribution is 2.23. The molecule has 0 aliphatic carbocycles. The first-order valence-electron chi connectivity index (χ1n) is 9.20. The standard InChI is InChI=1S/C19H27ClFN3O2/c1-3-9-23(10-4-2)18(25)12-17-19(26)22-8-11-24(17)13-14-15(20)6-5-7-16(14)21/h5-7,17H,3-4,8-13H2,1-2H3,(H,22,26)/t17-/m1/s1. The Labute approximate surface area is 159 Å². The number of amides is 2. The molecule has 1 aromatic rings. The van der Waals surface area contributed by atoms with Gasteiger partial charge in [0.25, 0.3) is 0 Å². The van der Waals surface area contributed by atoms with Crippen LogP contribution < -0.4 is 5.32 Å². The van der Waals surface area contributed by atoms with Crippen LogP contribution in [0.1, 0.15) is 38.7 Å². The molecule has 0 unspecified atom stereocenters. The Bertz CT molecular complexity index is 615. The van der Waals surface area contributed by atoms with Crippen LogP contribution in [0.3, 0.4) is 0 Å². The van der Waals surface area contributed by atoms with Gasteiger partial charge in [0.15, 0.2) is 0 Å². The molecule has 26 heavy (non-hydrogen) atoms. The Balaban J connectivity index is 2.14. The van der Waals surface area contributed by atoms with E-state index in [1.807, 2.05) is 18.7 Å². The molecule has 0 aromatic heterocycles. The first kappa shape index (κ1) is 20.6. The number of piperazine rings is 1. The Hall–Kier alpha value is -1.66. The third-order valence-electron chi connectivity index (χ3n) is 4.57. The maximum Gasteiger partial charge on any atom is 0.237 e. The molecule has 1 atom stereocenters. The predicted octanol–water partition coefficient (Wildman–Crippen LogP) is 2.82. The van der Waals surface area contributed by atoms with Crippen molar-refractivity contribution in [2.75, 3.05) is 26.2 Å². The normalized spacial score (nSPS) is 17.8. The number of halogens is 2. The second kappa shape index (κ2) is 9.88. The zero-order chi connectivity index (χ0) is 19.1. The number of nitrogens with one attached hydrogen (secondary N) is 1. The smallest absolute Gasteiger partial charge is 0.237 e. The Kier molecular flexibility index (Phi) is 7.85. The average molecular weight is 384 g/mol. The van der Waals surface area contributed by atoms with Gasteiger partial charge in [-0.2, -0.15) is 0 Å². The molecule has 7 heteroatoms. The number of benzene rings is 1. The highest BCUT2D eigenvalue weighted by molar-refractivity contribution is 6.31. The number of carbonyl (C=O) groups is 2. The van der Waals surface area contributed by atoms with E-state index in [4.69, 9.17) is 11.6 Å². The minimum Gasteiger partial charge on any atom is -0.353 e. The van der Waals surface area contributed by atoms with Crippen LogP contribution in [0.4, 0.5) is 4.39 Å². The van der Waals surface area contributed by atoms with Crippen molar-refractivity contribution >= 4 is 23.4 Å². The molecule has 0 spiro atoms. The molecule has 1 aliphatic heterocycles. The van der Waals surface area contributed by atoms with Gasteiger partial charge in [0.2, 0.25) is 11.8 Å². The molecular formula is C19H27ClFN3O2. The lowest BCUT2D eigenvalue weighted by atomic mass is 10.1. The molecule has 1 aliphatic rings. The Morgan fingerprint density at radius 3 is 2.65 bits per heavy atom. The third kappa shape index (κ3) is 5.17. The predicted molar refractivity (Wildman–Crippen MR) is 100 cm³/mol. The summed E-state index contributed by atoms with van der Waals surface area (Å²) in [6, 6.07) is 3.94. The Morgan fingerprint density at radius 1 is 1.35 bits per heavy atom. The number of carbonyl (C=O) groups excluding carboxylic acids is 2. The van der Waals surface area contributed by atoms with Crippen LogP contribution in [0.5, 0.6) is 0 Å². The van der Waals surface area contributed by atoms with E-state index in [-0.39, 0.29) is 24.8 Å². The van der Waals surface area contributed by atoms with E-state index in [1.165, 1.54) is 6.07 Å². The molecule has 2 rings (SSSR count). The summed E-state index contributed by atoms with van der Waals surface area (Å²) in [5.74, 6) is -0.627. The molecule has 0 bridgehead atoms. The van der Waals surface area contributed by atoms with Gasteiger partial charge in [-0.15, -0.1) is 0 Å². The second-order valence-electron chi connectivity index (χ2n) is 6.56. The fraction of sp³-hybridized carbons (Fsp3) is 0.579. The summed E-state index contributed by atoms with van der Waals surface area (Å²) in [6.07, 6.45) is 1.84. The topological polar surface area (TPSA) is 52.7 Å². The van der Waals surface area contributed by atoms with E-state index in [1.54, 1.807) is 17.0 Å². The zero-order valence-electron chi connectivity index (χ0n) is 15.4. The van der Waals surface area contributed by atoms with E-state index in [2.05, 4.69) is 5.32 Å². The van der Waals surface area contributed by atoms with Gasteiger partial charge in [-0.1, -0.05) is 31.5 Å². The van der Waals surface area contributed by atoms with Crippen LogP contribution in [0, 0.1) is 5.82 Å². The molecule has 0 saturated carbocycles. The van der Waals surface area contributed by atoms with Gasteiger partial charge in [0, 0.05) is 43.3 Å². The number of rotatable bonds is 8.